The lowest BCUT2D eigenvalue weighted by Crippen LogP contribution is -2.49. The molecule has 3 aliphatic heterocycles. The maximum Gasteiger partial charge on any atom is 0.256 e. The Morgan fingerprint density at radius 2 is 2.00 bits per heavy atom. The molecule has 1 saturated heterocycles. The van der Waals surface area contributed by atoms with Crippen molar-refractivity contribution in [3.63, 3.8) is 0 Å². The fourth-order valence-corrected chi connectivity index (χ4v) is 4.58. The Hall–Kier alpha value is -3.23. The molecule has 0 radical (unpaired) electrons. The first-order chi connectivity index (χ1) is 15.5. The van der Waals surface area contributed by atoms with Crippen molar-refractivity contribution in [1.29, 1.82) is 0 Å². The van der Waals surface area contributed by atoms with Crippen LogP contribution < -0.4 is 15.5 Å². The second kappa shape index (κ2) is 8.37. The van der Waals surface area contributed by atoms with Crippen molar-refractivity contribution in [2.24, 2.45) is 0 Å². The largest absolute Gasteiger partial charge is 0.366 e. The van der Waals surface area contributed by atoms with E-state index in [-0.39, 0.29) is 24.1 Å². The number of rotatable bonds is 4. The van der Waals surface area contributed by atoms with E-state index in [4.69, 9.17) is 4.74 Å². The predicted octanol–water partition coefficient (Wildman–Crippen LogP) is 1.68. The smallest absolute Gasteiger partial charge is 0.256 e. The predicted molar refractivity (Wildman–Crippen MR) is 119 cm³/mol. The molecule has 166 valence electrons. The summed E-state index contributed by atoms with van der Waals surface area (Å²) in [6.45, 7) is 3.07. The summed E-state index contributed by atoms with van der Waals surface area (Å²) < 4.78 is 5.64. The minimum absolute atomic E-state index is 0.0423. The van der Waals surface area contributed by atoms with Crippen LogP contribution >= 0.6 is 0 Å². The van der Waals surface area contributed by atoms with Crippen LogP contribution in [-0.4, -0.2) is 55.5 Å². The van der Waals surface area contributed by atoms with Gasteiger partial charge in [-0.1, -0.05) is 12.1 Å². The molecule has 0 aromatic heterocycles. The van der Waals surface area contributed by atoms with Crippen molar-refractivity contribution < 1.29 is 19.1 Å². The molecule has 0 bridgehead atoms. The number of morpholine rings is 1. The molecule has 0 aliphatic carbocycles. The van der Waals surface area contributed by atoms with E-state index in [1.165, 1.54) is 11.1 Å². The van der Waals surface area contributed by atoms with E-state index in [0.29, 0.717) is 30.9 Å². The van der Waals surface area contributed by atoms with Gasteiger partial charge in [0, 0.05) is 43.6 Å². The van der Waals surface area contributed by atoms with Gasteiger partial charge in [-0.15, -0.1) is 0 Å². The van der Waals surface area contributed by atoms with E-state index in [0.717, 1.165) is 30.8 Å². The first kappa shape index (κ1) is 20.7. The highest BCUT2D eigenvalue weighted by atomic mass is 16.5. The van der Waals surface area contributed by atoms with Gasteiger partial charge in [0.1, 0.15) is 6.10 Å². The first-order valence-corrected chi connectivity index (χ1v) is 10.9. The molecular formula is C24H26N4O4. The average molecular weight is 434 g/mol. The van der Waals surface area contributed by atoms with Crippen LogP contribution in [0, 0.1) is 0 Å². The summed E-state index contributed by atoms with van der Waals surface area (Å²) >= 11 is 0. The minimum atomic E-state index is -0.850. The number of carbonyl (C=O) groups excluding carboxylic acids is 3. The van der Waals surface area contributed by atoms with Gasteiger partial charge in [-0.2, -0.15) is 0 Å². The molecule has 1 unspecified atom stereocenters. The molecule has 2 aromatic rings. The van der Waals surface area contributed by atoms with Crippen molar-refractivity contribution in [3.8, 4) is 0 Å². The number of hydrogen-bond acceptors (Lipinski definition) is 5. The third kappa shape index (κ3) is 3.87. The number of amides is 3. The van der Waals surface area contributed by atoms with Crippen LogP contribution in [0.4, 0.5) is 11.4 Å². The molecular weight excluding hydrogens is 408 g/mol. The van der Waals surface area contributed by atoms with E-state index >= 15 is 0 Å². The number of anilines is 2. The summed E-state index contributed by atoms with van der Waals surface area (Å²) in [5.41, 5.74) is 5.45. The molecule has 0 saturated carbocycles. The molecule has 8 heteroatoms. The summed E-state index contributed by atoms with van der Waals surface area (Å²) in [6, 6.07) is 11.4. The Labute approximate surface area is 186 Å². The van der Waals surface area contributed by atoms with Gasteiger partial charge < -0.3 is 25.2 Å². The van der Waals surface area contributed by atoms with Crippen LogP contribution in [0.2, 0.25) is 0 Å². The van der Waals surface area contributed by atoms with E-state index in [2.05, 4.69) is 10.6 Å². The van der Waals surface area contributed by atoms with Gasteiger partial charge in [0.05, 0.1) is 13.0 Å². The van der Waals surface area contributed by atoms with Crippen molar-refractivity contribution in [3.05, 3.63) is 58.7 Å². The molecule has 0 spiro atoms. The summed E-state index contributed by atoms with van der Waals surface area (Å²) in [7, 11) is 1.76. The Balaban J connectivity index is 1.26. The highest BCUT2D eigenvalue weighted by molar-refractivity contribution is 6.03. The van der Waals surface area contributed by atoms with E-state index < -0.39 is 6.10 Å². The van der Waals surface area contributed by atoms with Gasteiger partial charge in [-0.05, 0) is 53.9 Å². The van der Waals surface area contributed by atoms with Gasteiger partial charge >= 0.3 is 0 Å². The van der Waals surface area contributed by atoms with Crippen LogP contribution in [0.25, 0.3) is 0 Å². The number of fused-ring (bicyclic) bond motifs is 2. The monoisotopic (exact) mass is 434 g/mol. The van der Waals surface area contributed by atoms with Crippen LogP contribution in [0.15, 0.2) is 36.4 Å². The fourth-order valence-electron chi connectivity index (χ4n) is 4.58. The zero-order valence-corrected chi connectivity index (χ0v) is 18.0. The van der Waals surface area contributed by atoms with Crippen molar-refractivity contribution in [2.45, 2.75) is 32.0 Å². The summed E-state index contributed by atoms with van der Waals surface area (Å²) in [5.74, 6) is -0.564. The highest BCUT2D eigenvalue weighted by Crippen LogP contribution is 2.28. The second-order valence-electron chi connectivity index (χ2n) is 8.51. The Morgan fingerprint density at radius 1 is 1.16 bits per heavy atom. The number of nitrogens with one attached hydrogen (secondary N) is 2. The summed E-state index contributed by atoms with van der Waals surface area (Å²) in [5, 5.41) is 6.23. The van der Waals surface area contributed by atoms with E-state index in [9.17, 15) is 14.4 Å². The quantitative estimate of drug-likeness (QED) is 0.764. The number of nitrogens with zero attached hydrogens (tertiary/aromatic N) is 2. The third-order valence-electron chi connectivity index (χ3n) is 6.31. The topological polar surface area (TPSA) is 91.0 Å². The standard InChI is InChI=1S/C24H26N4O4/c1-27-14-17-3-5-19(11-20(17)23(27)30)28-8-9-32-21(24(28)31)12-22(29)26-18-4-2-16-13-25-7-6-15(16)10-18/h2-5,10-11,21,25H,6-9,12-14H2,1H3,(H,26,29). The molecule has 5 rings (SSSR count). The molecule has 3 heterocycles. The fraction of sp³-hybridized carbons (Fsp3) is 0.375. The Kier molecular flexibility index (Phi) is 5.40. The van der Waals surface area contributed by atoms with Gasteiger partial charge in [0.2, 0.25) is 5.91 Å². The number of hydrogen-bond donors (Lipinski definition) is 2. The van der Waals surface area contributed by atoms with Gasteiger partial charge in [0.15, 0.2) is 0 Å². The van der Waals surface area contributed by atoms with Gasteiger partial charge in [-0.25, -0.2) is 0 Å². The maximum atomic E-state index is 13.1. The van der Waals surface area contributed by atoms with E-state index in [1.807, 2.05) is 30.3 Å². The lowest BCUT2D eigenvalue weighted by Gasteiger charge is -2.32. The highest BCUT2D eigenvalue weighted by Gasteiger charge is 2.33. The number of carbonyl (C=O) groups is 3. The van der Waals surface area contributed by atoms with Gasteiger partial charge in [-0.3, -0.25) is 14.4 Å². The van der Waals surface area contributed by atoms with Crippen molar-refractivity contribution >= 4 is 29.1 Å². The van der Waals surface area contributed by atoms with Crippen molar-refractivity contribution in [2.75, 3.05) is 37.0 Å². The lowest BCUT2D eigenvalue weighted by molar-refractivity contribution is -0.137. The zero-order chi connectivity index (χ0) is 22.2. The maximum absolute atomic E-state index is 13.1. The normalized spacial score (nSPS) is 20.2. The zero-order valence-electron chi connectivity index (χ0n) is 18.0. The molecule has 2 N–H and O–H groups in total. The van der Waals surface area contributed by atoms with Crippen LogP contribution in [0.1, 0.15) is 33.5 Å². The molecule has 1 fully saturated rings. The van der Waals surface area contributed by atoms with Crippen molar-refractivity contribution in [1.82, 2.24) is 10.2 Å². The SMILES string of the molecule is CN1Cc2ccc(N3CCOC(CC(=O)Nc4ccc5c(c4)CCNC5)C3=O)cc2C1=O. The Morgan fingerprint density at radius 3 is 2.88 bits per heavy atom. The number of benzene rings is 2. The van der Waals surface area contributed by atoms with Crippen LogP contribution in [-0.2, 0) is 33.8 Å². The molecule has 1 atom stereocenters. The second-order valence-corrected chi connectivity index (χ2v) is 8.51. The molecule has 3 amide bonds. The molecule has 8 nitrogen and oxygen atoms in total. The molecule has 3 aliphatic rings. The average Bonchev–Trinajstić information content (AvgIpc) is 3.08. The van der Waals surface area contributed by atoms with Gasteiger partial charge in [0.25, 0.3) is 11.8 Å². The first-order valence-electron chi connectivity index (χ1n) is 10.9. The molecule has 32 heavy (non-hydrogen) atoms. The van der Waals surface area contributed by atoms with E-state index in [1.54, 1.807) is 22.9 Å². The van der Waals surface area contributed by atoms with Crippen LogP contribution in [0.5, 0.6) is 0 Å². The summed E-state index contributed by atoms with van der Waals surface area (Å²) in [4.78, 5) is 41.3. The molecule has 2 aromatic carbocycles. The third-order valence-corrected chi connectivity index (χ3v) is 6.31. The number of ether oxygens (including phenoxy) is 1. The Bertz CT molecular complexity index is 1100. The van der Waals surface area contributed by atoms with Crippen LogP contribution in [0.3, 0.4) is 0 Å². The minimum Gasteiger partial charge on any atom is -0.366 e. The summed E-state index contributed by atoms with van der Waals surface area (Å²) in [6.07, 6.45) is 0.0231. The lowest BCUT2D eigenvalue weighted by atomic mass is 10.0.